The first kappa shape index (κ1) is 10.7. The molecule has 0 radical (unpaired) electrons. The van der Waals surface area contributed by atoms with Gasteiger partial charge in [0.2, 0.25) is 0 Å². The zero-order valence-corrected chi connectivity index (χ0v) is 9.00. The van der Waals surface area contributed by atoms with Crippen LogP contribution >= 0.6 is 23.6 Å². The first-order valence-electron chi connectivity index (χ1n) is 3.62. The number of carbonyl (C=O) groups excluding carboxylic acids is 1. The van der Waals surface area contributed by atoms with E-state index in [1.54, 1.807) is 11.4 Å². The standard InChI is InChI=1S/C7H9N3O2S2/c1-12-4-2-3-14-5(4)6(11)9-10-7(8)13/h2-3H,1H3,(H,9,11)(H3,8,10,13). The van der Waals surface area contributed by atoms with Gasteiger partial charge in [0, 0.05) is 0 Å². The molecule has 0 saturated carbocycles. The van der Waals surface area contributed by atoms with Crippen molar-refractivity contribution in [2.24, 2.45) is 5.73 Å². The van der Waals surface area contributed by atoms with Crippen molar-refractivity contribution in [1.29, 1.82) is 0 Å². The van der Waals surface area contributed by atoms with Crippen LogP contribution in [0.2, 0.25) is 0 Å². The summed E-state index contributed by atoms with van der Waals surface area (Å²) in [4.78, 5) is 11.9. The SMILES string of the molecule is COc1ccsc1C(=O)NNC(N)=S. The van der Waals surface area contributed by atoms with E-state index in [1.165, 1.54) is 18.4 Å². The largest absolute Gasteiger partial charge is 0.495 e. The Morgan fingerprint density at radius 3 is 2.93 bits per heavy atom. The van der Waals surface area contributed by atoms with E-state index in [4.69, 9.17) is 10.5 Å². The molecular weight excluding hydrogens is 222 g/mol. The predicted octanol–water partition coefficient (Wildman–Crippen LogP) is 0.235. The highest BCUT2D eigenvalue weighted by atomic mass is 32.1. The lowest BCUT2D eigenvalue weighted by molar-refractivity contribution is 0.0945. The molecule has 7 heteroatoms. The van der Waals surface area contributed by atoms with Gasteiger partial charge in [-0.25, -0.2) is 0 Å². The minimum absolute atomic E-state index is 0.00822. The maximum absolute atomic E-state index is 11.4. The summed E-state index contributed by atoms with van der Waals surface area (Å²) in [6.07, 6.45) is 0. The number of hydrazine groups is 1. The number of thiocarbonyl (C=S) groups is 1. The van der Waals surface area contributed by atoms with Gasteiger partial charge in [0.05, 0.1) is 7.11 Å². The van der Waals surface area contributed by atoms with Gasteiger partial charge in [0.25, 0.3) is 5.91 Å². The van der Waals surface area contributed by atoms with Crippen LogP contribution in [0.5, 0.6) is 5.75 Å². The molecule has 1 heterocycles. The van der Waals surface area contributed by atoms with E-state index in [0.29, 0.717) is 10.6 Å². The van der Waals surface area contributed by atoms with E-state index >= 15 is 0 Å². The smallest absolute Gasteiger partial charge is 0.283 e. The molecule has 0 bridgehead atoms. The molecule has 4 N–H and O–H groups in total. The van der Waals surface area contributed by atoms with Gasteiger partial charge >= 0.3 is 0 Å². The van der Waals surface area contributed by atoms with Crippen LogP contribution in [-0.2, 0) is 0 Å². The van der Waals surface area contributed by atoms with Crippen LogP contribution in [0.3, 0.4) is 0 Å². The van der Waals surface area contributed by atoms with Gasteiger partial charge in [0.15, 0.2) is 5.11 Å². The lowest BCUT2D eigenvalue weighted by atomic mass is 10.4. The average molecular weight is 231 g/mol. The first-order chi connectivity index (χ1) is 6.65. The molecule has 0 aromatic carbocycles. The highest BCUT2D eigenvalue weighted by Gasteiger charge is 2.12. The van der Waals surface area contributed by atoms with E-state index in [2.05, 4.69) is 23.1 Å². The Morgan fingerprint density at radius 2 is 2.36 bits per heavy atom. The quantitative estimate of drug-likeness (QED) is 0.502. The van der Waals surface area contributed by atoms with Crippen LogP contribution in [0.1, 0.15) is 9.67 Å². The Labute approximate surface area is 90.2 Å². The zero-order valence-electron chi connectivity index (χ0n) is 7.37. The Kier molecular flexibility index (Phi) is 3.66. The van der Waals surface area contributed by atoms with Gasteiger partial charge in [0.1, 0.15) is 10.6 Å². The number of ether oxygens (including phenoxy) is 1. The lowest BCUT2D eigenvalue weighted by Crippen LogP contribution is -2.44. The van der Waals surface area contributed by atoms with E-state index in [0.717, 1.165) is 0 Å². The van der Waals surface area contributed by atoms with Crippen molar-refractivity contribution in [3.63, 3.8) is 0 Å². The number of hydrogen-bond acceptors (Lipinski definition) is 4. The third-order valence-corrected chi connectivity index (χ3v) is 2.35. The topological polar surface area (TPSA) is 76.4 Å². The van der Waals surface area contributed by atoms with Crippen LogP contribution in [0.4, 0.5) is 0 Å². The van der Waals surface area contributed by atoms with Crippen molar-refractivity contribution in [1.82, 2.24) is 10.9 Å². The molecule has 0 unspecified atom stereocenters. The van der Waals surface area contributed by atoms with Crippen LogP contribution in [0.25, 0.3) is 0 Å². The summed E-state index contributed by atoms with van der Waals surface area (Å²) >= 11 is 5.80. The second-order valence-corrected chi connectivity index (χ2v) is 3.62. The summed E-state index contributed by atoms with van der Waals surface area (Å²) in [5, 5.41) is 1.77. The zero-order chi connectivity index (χ0) is 10.6. The minimum Gasteiger partial charge on any atom is -0.495 e. The number of amides is 1. The Bertz CT molecular complexity index is 350. The fourth-order valence-electron chi connectivity index (χ4n) is 0.799. The van der Waals surface area contributed by atoms with Crippen molar-refractivity contribution >= 4 is 34.6 Å². The first-order valence-corrected chi connectivity index (χ1v) is 4.91. The van der Waals surface area contributed by atoms with Crippen molar-refractivity contribution < 1.29 is 9.53 Å². The number of thiophene rings is 1. The molecule has 1 rings (SSSR count). The molecule has 0 aliphatic carbocycles. The van der Waals surface area contributed by atoms with Crippen LogP contribution < -0.4 is 21.3 Å². The van der Waals surface area contributed by atoms with Gasteiger partial charge in [-0.2, -0.15) is 0 Å². The normalized spacial score (nSPS) is 9.21. The number of nitrogens with one attached hydrogen (secondary N) is 2. The molecule has 0 aliphatic heterocycles. The summed E-state index contributed by atoms with van der Waals surface area (Å²) in [5.41, 5.74) is 9.82. The van der Waals surface area contributed by atoms with Crippen LogP contribution in [0, 0.1) is 0 Å². The summed E-state index contributed by atoms with van der Waals surface area (Å²) in [6.45, 7) is 0. The van der Waals surface area contributed by atoms with Crippen molar-refractivity contribution in [3.05, 3.63) is 16.3 Å². The fourth-order valence-corrected chi connectivity index (χ4v) is 1.60. The summed E-state index contributed by atoms with van der Waals surface area (Å²) in [6, 6.07) is 1.71. The summed E-state index contributed by atoms with van der Waals surface area (Å²) < 4.78 is 4.97. The fraction of sp³-hybridized carbons (Fsp3) is 0.143. The number of nitrogens with two attached hydrogens (primary N) is 1. The third-order valence-electron chi connectivity index (χ3n) is 1.35. The van der Waals surface area contributed by atoms with Crippen molar-refractivity contribution in [2.45, 2.75) is 0 Å². The molecular formula is C7H9N3O2S2. The van der Waals surface area contributed by atoms with E-state index in [9.17, 15) is 4.79 Å². The molecule has 0 aliphatic rings. The van der Waals surface area contributed by atoms with E-state index in [1.807, 2.05) is 0 Å². The number of hydrogen-bond donors (Lipinski definition) is 3. The molecule has 1 amide bonds. The number of methoxy groups -OCH3 is 1. The van der Waals surface area contributed by atoms with Crippen LogP contribution in [-0.4, -0.2) is 18.1 Å². The molecule has 0 atom stereocenters. The second-order valence-electron chi connectivity index (χ2n) is 2.26. The minimum atomic E-state index is -0.329. The highest BCUT2D eigenvalue weighted by Crippen LogP contribution is 2.23. The third kappa shape index (κ3) is 2.57. The van der Waals surface area contributed by atoms with Gasteiger partial charge in [-0.05, 0) is 23.7 Å². The van der Waals surface area contributed by atoms with E-state index in [-0.39, 0.29) is 11.0 Å². The average Bonchev–Trinajstić information content (AvgIpc) is 2.61. The van der Waals surface area contributed by atoms with Gasteiger partial charge in [-0.3, -0.25) is 15.6 Å². The van der Waals surface area contributed by atoms with Crippen molar-refractivity contribution in [3.8, 4) is 5.75 Å². The molecule has 14 heavy (non-hydrogen) atoms. The molecule has 1 aromatic heterocycles. The second kappa shape index (κ2) is 4.77. The van der Waals surface area contributed by atoms with Gasteiger partial charge in [-0.15, -0.1) is 11.3 Å². The highest BCUT2D eigenvalue weighted by molar-refractivity contribution is 7.80. The number of carbonyl (C=O) groups is 1. The molecule has 5 nitrogen and oxygen atoms in total. The monoisotopic (exact) mass is 231 g/mol. The summed E-state index contributed by atoms with van der Waals surface area (Å²) in [7, 11) is 1.50. The Balaban J connectivity index is 2.64. The van der Waals surface area contributed by atoms with Crippen molar-refractivity contribution in [2.75, 3.05) is 7.11 Å². The molecule has 1 aromatic rings. The molecule has 0 spiro atoms. The molecule has 0 fully saturated rings. The maximum Gasteiger partial charge on any atom is 0.283 e. The molecule has 76 valence electrons. The summed E-state index contributed by atoms with van der Waals surface area (Å²) in [5.74, 6) is 0.196. The van der Waals surface area contributed by atoms with Gasteiger partial charge in [-0.1, -0.05) is 0 Å². The number of rotatable bonds is 2. The van der Waals surface area contributed by atoms with Gasteiger partial charge < -0.3 is 10.5 Å². The van der Waals surface area contributed by atoms with E-state index < -0.39 is 0 Å². The maximum atomic E-state index is 11.4. The molecule has 0 saturated heterocycles. The lowest BCUT2D eigenvalue weighted by Gasteiger charge is -2.05. The van der Waals surface area contributed by atoms with Crippen LogP contribution in [0.15, 0.2) is 11.4 Å². The Hall–Kier alpha value is -1.34. The predicted molar refractivity (Wildman–Crippen MR) is 58.3 cm³/mol. The Morgan fingerprint density at radius 1 is 1.64 bits per heavy atom.